The molecule has 2 aromatic heterocycles. The van der Waals surface area contributed by atoms with Crippen LogP contribution in [0.4, 0.5) is 0 Å². The number of aryl methyl sites for hydroxylation is 1. The van der Waals surface area contributed by atoms with Crippen molar-refractivity contribution in [2.24, 2.45) is 0 Å². The van der Waals surface area contributed by atoms with Gasteiger partial charge in [0.1, 0.15) is 5.56 Å². The summed E-state index contributed by atoms with van der Waals surface area (Å²) in [5.41, 5.74) is 0.439. The molecule has 1 amide bonds. The average molecular weight is 318 g/mol. The quantitative estimate of drug-likeness (QED) is 0.751. The van der Waals surface area contributed by atoms with Gasteiger partial charge in [-0.3, -0.25) is 4.79 Å². The van der Waals surface area contributed by atoms with E-state index in [0.717, 1.165) is 6.42 Å². The number of rotatable bonds is 8. The van der Waals surface area contributed by atoms with Crippen molar-refractivity contribution in [3.8, 4) is 5.88 Å². The fourth-order valence-electron chi connectivity index (χ4n) is 1.96. The summed E-state index contributed by atoms with van der Waals surface area (Å²) in [6.45, 7) is 6.86. The van der Waals surface area contributed by atoms with Crippen molar-refractivity contribution in [3.63, 3.8) is 0 Å². The zero-order valence-electron chi connectivity index (χ0n) is 13.7. The Hall–Kier alpha value is -2.44. The minimum Gasteiger partial charge on any atom is -0.477 e. The van der Waals surface area contributed by atoms with E-state index < -0.39 is 0 Å². The molecule has 2 rings (SSSR count). The fraction of sp³-hybridized carbons (Fsp3) is 0.500. The summed E-state index contributed by atoms with van der Waals surface area (Å²) < 4.78 is 10.5. The number of hydrogen-bond acceptors (Lipinski definition) is 6. The van der Waals surface area contributed by atoms with E-state index >= 15 is 0 Å². The molecule has 0 spiro atoms. The van der Waals surface area contributed by atoms with E-state index in [-0.39, 0.29) is 11.8 Å². The first-order chi connectivity index (χ1) is 11.1. The van der Waals surface area contributed by atoms with Crippen molar-refractivity contribution in [1.29, 1.82) is 0 Å². The summed E-state index contributed by atoms with van der Waals surface area (Å²) in [6.07, 6.45) is 2.95. The molecule has 0 radical (unpaired) electrons. The first-order valence-corrected chi connectivity index (χ1v) is 7.80. The standard InChI is InChI=1S/C16H22N4O3/c1-4-22-16-12(7-5-10-18-16)15(21)17-9-6-8-13-19-14(11(2)3)20-23-13/h5,7,10-11H,4,6,8-9H2,1-3H3,(H,17,21). The van der Waals surface area contributed by atoms with Gasteiger partial charge < -0.3 is 14.6 Å². The average Bonchev–Trinajstić information content (AvgIpc) is 3.01. The lowest BCUT2D eigenvalue weighted by molar-refractivity contribution is 0.0948. The van der Waals surface area contributed by atoms with Crippen LogP contribution < -0.4 is 10.1 Å². The Balaban J connectivity index is 1.80. The second kappa shape index (κ2) is 8.26. The molecule has 0 aliphatic rings. The molecule has 2 heterocycles. The third-order valence-electron chi connectivity index (χ3n) is 3.15. The molecule has 0 aromatic carbocycles. The van der Waals surface area contributed by atoms with Crippen LogP contribution in [0.2, 0.25) is 0 Å². The van der Waals surface area contributed by atoms with Gasteiger partial charge in [0.25, 0.3) is 5.91 Å². The lowest BCUT2D eigenvalue weighted by Gasteiger charge is -2.08. The number of carbonyl (C=O) groups is 1. The molecule has 0 saturated heterocycles. The second-order valence-corrected chi connectivity index (χ2v) is 5.35. The largest absolute Gasteiger partial charge is 0.477 e. The molecule has 0 saturated carbocycles. The number of nitrogens with one attached hydrogen (secondary N) is 1. The van der Waals surface area contributed by atoms with E-state index in [2.05, 4.69) is 20.4 Å². The van der Waals surface area contributed by atoms with Crippen LogP contribution in [0.25, 0.3) is 0 Å². The minimum atomic E-state index is -0.199. The van der Waals surface area contributed by atoms with Gasteiger partial charge in [0.2, 0.25) is 11.8 Å². The minimum absolute atomic E-state index is 0.199. The zero-order valence-corrected chi connectivity index (χ0v) is 13.7. The molecule has 1 N–H and O–H groups in total. The molecule has 0 unspecified atom stereocenters. The molecule has 23 heavy (non-hydrogen) atoms. The first kappa shape index (κ1) is 16.9. The Labute approximate surface area is 135 Å². The van der Waals surface area contributed by atoms with Gasteiger partial charge in [-0.15, -0.1) is 0 Å². The zero-order chi connectivity index (χ0) is 16.7. The highest BCUT2D eigenvalue weighted by atomic mass is 16.5. The Morgan fingerprint density at radius 1 is 1.43 bits per heavy atom. The SMILES string of the molecule is CCOc1ncccc1C(=O)NCCCc1nc(C(C)C)no1. The predicted octanol–water partition coefficient (Wildman–Crippen LogP) is 2.35. The highest BCUT2D eigenvalue weighted by Gasteiger charge is 2.13. The van der Waals surface area contributed by atoms with Crippen LogP contribution >= 0.6 is 0 Å². The van der Waals surface area contributed by atoms with Crippen molar-refractivity contribution in [3.05, 3.63) is 35.6 Å². The normalized spacial score (nSPS) is 10.8. The van der Waals surface area contributed by atoms with Crippen LogP contribution in [0, 0.1) is 0 Å². The van der Waals surface area contributed by atoms with Gasteiger partial charge >= 0.3 is 0 Å². The number of nitrogens with zero attached hydrogens (tertiary/aromatic N) is 3. The Morgan fingerprint density at radius 2 is 2.26 bits per heavy atom. The van der Waals surface area contributed by atoms with Crippen molar-refractivity contribution in [2.75, 3.05) is 13.2 Å². The van der Waals surface area contributed by atoms with Crippen LogP contribution in [0.5, 0.6) is 5.88 Å². The van der Waals surface area contributed by atoms with Gasteiger partial charge in [0.05, 0.1) is 6.61 Å². The number of hydrogen-bond donors (Lipinski definition) is 1. The Kier molecular flexibility index (Phi) is 6.08. The summed E-state index contributed by atoms with van der Waals surface area (Å²) >= 11 is 0. The lowest BCUT2D eigenvalue weighted by Crippen LogP contribution is -2.25. The van der Waals surface area contributed by atoms with Crippen LogP contribution in [0.1, 0.15) is 55.2 Å². The van der Waals surface area contributed by atoms with Crippen molar-refractivity contribution in [1.82, 2.24) is 20.4 Å². The van der Waals surface area contributed by atoms with E-state index in [1.165, 1.54) is 0 Å². The van der Waals surface area contributed by atoms with E-state index in [0.29, 0.717) is 42.7 Å². The van der Waals surface area contributed by atoms with Crippen molar-refractivity contribution >= 4 is 5.91 Å². The van der Waals surface area contributed by atoms with Gasteiger partial charge in [0.15, 0.2) is 5.82 Å². The van der Waals surface area contributed by atoms with E-state index in [9.17, 15) is 4.79 Å². The van der Waals surface area contributed by atoms with Crippen molar-refractivity contribution < 1.29 is 14.1 Å². The highest BCUT2D eigenvalue weighted by molar-refractivity contribution is 5.96. The third-order valence-corrected chi connectivity index (χ3v) is 3.15. The molecule has 0 fully saturated rings. The predicted molar refractivity (Wildman–Crippen MR) is 84.4 cm³/mol. The maximum absolute atomic E-state index is 12.2. The summed E-state index contributed by atoms with van der Waals surface area (Å²) in [6, 6.07) is 3.41. The first-order valence-electron chi connectivity index (χ1n) is 7.80. The van der Waals surface area contributed by atoms with E-state index in [4.69, 9.17) is 9.26 Å². The van der Waals surface area contributed by atoms with Gasteiger partial charge in [-0.05, 0) is 25.5 Å². The molecule has 0 bridgehead atoms. The third kappa shape index (κ3) is 4.77. The van der Waals surface area contributed by atoms with Gasteiger partial charge in [-0.25, -0.2) is 4.98 Å². The van der Waals surface area contributed by atoms with Crippen LogP contribution in [-0.2, 0) is 6.42 Å². The molecule has 0 atom stereocenters. The number of aromatic nitrogens is 3. The lowest BCUT2D eigenvalue weighted by atomic mass is 10.2. The number of ether oxygens (including phenoxy) is 1. The smallest absolute Gasteiger partial charge is 0.256 e. The number of pyridine rings is 1. The maximum Gasteiger partial charge on any atom is 0.256 e. The van der Waals surface area contributed by atoms with Gasteiger partial charge in [-0.1, -0.05) is 19.0 Å². The molecular formula is C16H22N4O3. The molecule has 0 aliphatic carbocycles. The van der Waals surface area contributed by atoms with Gasteiger partial charge in [0, 0.05) is 25.1 Å². The molecule has 7 heteroatoms. The second-order valence-electron chi connectivity index (χ2n) is 5.35. The number of carbonyl (C=O) groups excluding carboxylic acids is 1. The summed E-state index contributed by atoms with van der Waals surface area (Å²) in [5.74, 6) is 1.70. The van der Waals surface area contributed by atoms with Crippen LogP contribution in [0.3, 0.4) is 0 Å². The summed E-state index contributed by atoms with van der Waals surface area (Å²) in [5, 5.41) is 6.76. The topological polar surface area (TPSA) is 90.1 Å². The summed E-state index contributed by atoms with van der Waals surface area (Å²) in [4.78, 5) is 20.5. The Morgan fingerprint density at radius 3 is 2.96 bits per heavy atom. The van der Waals surface area contributed by atoms with Crippen LogP contribution in [-0.4, -0.2) is 34.2 Å². The van der Waals surface area contributed by atoms with Crippen molar-refractivity contribution in [2.45, 2.75) is 39.5 Å². The summed E-state index contributed by atoms with van der Waals surface area (Å²) in [7, 11) is 0. The van der Waals surface area contributed by atoms with Crippen LogP contribution in [0.15, 0.2) is 22.9 Å². The molecule has 7 nitrogen and oxygen atoms in total. The fourth-order valence-corrected chi connectivity index (χ4v) is 1.96. The van der Waals surface area contributed by atoms with E-state index in [1.54, 1.807) is 18.3 Å². The van der Waals surface area contributed by atoms with E-state index in [1.807, 2.05) is 20.8 Å². The highest BCUT2D eigenvalue weighted by Crippen LogP contribution is 2.14. The number of amides is 1. The monoisotopic (exact) mass is 318 g/mol. The Bertz CT molecular complexity index is 640. The molecule has 0 aliphatic heterocycles. The van der Waals surface area contributed by atoms with Gasteiger partial charge in [-0.2, -0.15) is 4.98 Å². The molecule has 124 valence electrons. The maximum atomic E-state index is 12.2. The molecule has 2 aromatic rings. The molecular weight excluding hydrogens is 296 g/mol.